The molecule has 2 saturated heterocycles. The lowest BCUT2D eigenvalue weighted by atomic mass is 9.96. The molecule has 2 aliphatic rings. The number of hydrogen-bond donors (Lipinski definition) is 7. The lowest BCUT2D eigenvalue weighted by molar-refractivity contribution is -0.123. The predicted molar refractivity (Wildman–Crippen MR) is 305 cm³/mol. The Hall–Kier alpha value is -6.72. The van der Waals surface area contributed by atoms with Crippen LogP contribution in [0, 0.1) is 5.92 Å². The summed E-state index contributed by atoms with van der Waals surface area (Å²) in [4.78, 5) is 94.3. The molecule has 0 saturated carbocycles. The van der Waals surface area contributed by atoms with Crippen molar-refractivity contribution in [3.05, 3.63) is 143 Å². The summed E-state index contributed by atoms with van der Waals surface area (Å²) < 4.78 is 5.54. The Morgan fingerprint density at radius 3 is 2.00 bits per heavy atom. The van der Waals surface area contributed by atoms with E-state index in [1.165, 1.54) is 0 Å². The van der Waals surface area contributed by atoms with Gasteiger partial charge in [-0.1, -0.05) is 117 Å². The van der Waals surface area contributed by atoms with Crippen LogP contribution in [0.5, 0.6) is 0 Å². The Bertz CT molecular complexity index is 2580. The number of ketones is 1. The molecule has 4 aromatic rings. The number of thioether (sulfide) groups is 1. The minimum atomic E-state index is -1.08. The predicted octanol–water partition coefficient (Wildman–Crippen LogP) is 8.67. The van der Waals surface area contributed by atoms with Crippen LogP contribution in [0.1, 0.15) is 142 Å². The smallest absolute Gasteiger partial charge is 0.407 e. The maximum atomic E-state index is 14.4. The van der Waals surface area contributed by atoms with E-state index in [-0.39, 0.29) is 60.7 Å². The van der Waals surface area contributed by atoms with Crippen molar-refractivity contribution in [2.24, 2.45) is 5.92 Å². The van der Waals surface area contributed by atoms with Crippen LogP contribution >= 0.6 is 11.8 Å². The number of urea groups is 2. The van der Waals surface area contributed by atoms with Crippen molar-refractivity contribution in [3.8, 4) is 0 Å². The number of amides is 8. The fourth-order valence-electron chi connectivity index (χ4n) is 9.55. The van der Waals surface area contributed by atoms with E-state index >= 15 is 0 Å². The molecule has 0 spiro atoms. The molecule has 0 aliphatic carbocycles. The number of unbranched alkanes of at least 4 members (excludes halogenated alkanes) is 3. The Morgan fingerprint density at radius 2 is 1.33 bits per heavy atom. The van der Waals surface area contributed by atoms with Crippen LogP contribution < -0.4 is 31.9 Å². The summed E-state index contributed by atoms with van der Waals surface area (Å²) in [5.41, 5.74) is 3.10. The summed E-state index contributed by atoms with van der Waals surface area (Å²) in [7, 11) is 0. The van der Waals surface area contributed by atoms with Crippen molar-refractivity contribution in [1.82, 2.24) is 36.8 Å². The first-order valence-electron chi connectivity index (χ1n) is 27.8. The molecule has 17 heteroatoms. The average Bonchev–Trinajstić information content (AvgIpc) is 3.99. The van der Waals surface area contributed by atoms with Crippen LogP contribution in [-0.4, -0.2) is 118 Å². The molecule has 0 radical (unpaired) electrons. The van der Waals surface area contributed by atoms with Crippen LogP contribution in [0.4, 0.5) is 14.4 Å². The van der Waals surface area contributed by atoms with E-state index in [4.69, 9.17) is 4.74 Å². The van der Waals surface area contributed by atoms with Crippen LogP contribution in [-0.2, 0) is 33.6 Å². The number of ether oxygens (including phenoxy) is 1. The lowest BCUT2D eigenvalue weighted by Gasteiger charge is -2.27. The van der Waals surface area contributed by atoms with Crippen LogP contribution in [0.2, 0.25) is 0 Å². The zero-order chi connectivity index (χ0) is 56.0. The van der Waals surface area contributed by atoms with Crippen LogP contribution in [0.15, 0.2) is 109 Å². The van der Waals surface area contributed by atoms with E-state index in [0.717, 1.165) is 60.3 Å². The molecule has 2 heterocycles. The van der Waals surface area contributed by atoms with Gasteiger partial charge in [-0.15, -0.1) is 0 Å². The summed E-state index contributed by atoms with van der Waals surface area (Å²) in [5.74, 6) is -0.0770. The minimum absolute atomic E-state index is 0.00451. The first-order valence-corrected chi connectivity index (χ1v) is 28.8. The van der Waals surface area contributed by atoms with Gasteiger partial charge in [0.15, 0.2) is 5.78 Å². The number of rotatable bonds is 29. The van der Waals surface area contributed by atoms with Gasteiger partial charge in [0.05, 0.1) is 24.2 Å². The van der Waals surface area contributed by atoms with Crippen molar-refractivity contribution in [3.63, 3.8) is 0 Å². The molecule has 2 fully saturated rings. The average molecular weight is 1090 g/mol. The number of imide groups is 1. The topological polar surface area (TPSA) is 224 Å². The number of carbonyl (C=O) groups is 7. The van der Waals surface area contributed by atoms with E-state index in [9.17, 15) is 38.7 Å². The molecule has 16 nitrogen and oxygen atoms in total. The van der Waals surface area contributed by atoms with Gasteiger partial charge in [0, 0.05) is 60.2 Å². The van der Waals surface area contributed by atoms with E-state index in [1.54, 1.807) is 93.6 Å². The van der Waals surface area contributed by atoms with Gasteiger partial charge in [0.2, 0.25) is 11.8 Å². The third kappa shape index (κ3) is 19.9. The monoisotopic (exact) mass is 1090 g/mol. The highest BCUT2D eigenvalue weighted by atomic mass is 32.2. The first kappa shape index (κ1) is 60.5. The van der Waals surface area contributed by atoms with Gasteiger partial charge < -0.3 is 41.7 Å². The standard InChI is InChI=1S/C61H81N7O9S/c1-41(2)34-37-68(57(73)47-32-28-43(29-33-47)38-48(66-60(76)77-61(3,4)5)51(69)23-17-20-42-18-9-6-10-19-42)59(75)65-49(39-44-26-30-46(31-27-44)55(71)45-21-11-7-12-22-45)56(72)63-36-16-8-15-35-62-53(70)25-14-13-24-52-54-50(40-78-52)64-58(74)67-54/h6-7,9-12,18-19,21-22,26-33,41,48-52,54,69H,8,13-17,20,23-25,34-40H2,1-5H3,(H,62,70)(H,63,72)(H,65,75)(H,66,76)(H2,64,67,74)/t48?,49-,50-,51+,52-,54-/m0/s1. The fraction of sp³-hybridized carbons (Fsp3) is 0.492. The number of aliphatic hydroxyl groups is 1. The minimum Gasteiger partial charge on any atom is -0.444 e. The van der Waals surface area contributed by atoms with E-state index < -0.39 is 47.7 Å². The number of carbonyl (C=O) groups excluding carboxylic acids is 7. The summed E-state index contributed by atoms with van der Waals surface area (Å²) in [6, 6.07) is 30.3. The zero-order valence-corrected chi connectivity index (χ0v) is 46.8. The van der Waals surface area contributed by atoms with Gasteiger partial charge in [-0.2, -0.15) is 11.8 Å². The quantitative estimate of drug-likeness (QED) is 0.0156. The maximum Gasteiger partial charge on any atom is 0.407 e. The summed E-state index contributed by atoms with van der Waals surface area (Å²) in [6.07, 6.45) is 6.35. The van der Waals surface area contributed by atoms with Gasteiger partial charge in [0.1, 0.15) is 11.6 Å². The molecule has 2 aliphatic heterocycles. The maximum absolute atomic E-state index is 14.4. The third-order valence-electron chi connectivity index (χ3n) is 13.9. The van der Waals surface area contributed by atoms with Crippen molar-refractivity contribution < 1.29 is 43.4 Å². The number of aryl methyl sites for hydroxylation is 1. The number of aliphatic hydroxyl groups excluding tert-OH is 1. The van der Waals surface area contributed by atoms with E-state index in [0.29, 0.717) is 67.1 Å². The first-order chi connectivity index (χ1) is 37.4. The molecule has 0 aromatic heterocycles. The third-order valence-corrected chi connectivity index (χ3v) is 15.4. The van der Waals surface area contributed by atoms with Gasteiger partial charge >= 0.3 is 18.2 Å². The Morgan fingerprint density at radius 1 is 0.705 bits per heavy atom. The highest BCUT2D eigenvalue weighted by Gasteiger charge is 2.42. The molecule has 4 aromatic carbocycles. The molecule has 0 bridgehead atoms. The van der Waals surface area contributed by atoms with Crippen molar-refractivity contribution in [2.75, 3.05) is 25.4 Å². The summed E-state index contributed by atoms with van der Waals surface area (Å²) in [6.45, 7) is 10.2. The number of nitrogens with zero attached hydrogens (tertiary/aromatic N) is 1. The largest absolute Gasteiger partial charge is 0.444 e. The summed E-state index contributed by atoms with van der Waals surface area (Å²) >= 11 is 1.87. The number of hydrogen-bond acceptors (Lipinski definition) is 10. The van der Waals surface area contributed by atoms with Gasteiger partial charge in [0.25, 0.3) is 5.91 Å². The second-order valence-corrected chi connectivity index (χ2v) is 23.2. The summed E-state index contributed by atoms with van der Waals surface area (Å²) in [5, 5.41) is 29.5. The molecule has 420 valence electrons. The Labute approximate surface area is 464 Å². The van der Waals surface area contributed by atoms with E-state index in [1.807, 2.05) is 62.0 Å². The van der Waals surface area contributed by atoms with Gasteiger partial charge in [-0.25, -0.2) is 14.4 Å². The molecule has 8 amide bonds. The highest BCUT2D eigenvalue weighted by Crippen LogP contribution is 2.33. The number of benzene rings is 4. The number of fused-ring (bicyclic) bond motifs is 1. The highest BCUT2D eigenvalue weighted by molar-refractivity contribution is 8.00. The molecular formula is C61H81N7O9S. The Kier molecular flexibility index (Phi) is 23.6. The van der Waals surface area contributed by atoms with Gasteiger partial charge in [-0.05, 0) is 120 Å². The lowest BCUT2D eigenvalue weighted by Crippen LogP contribution is -2.54. The van der Waals surface area contributed by atoms with Crippen LogP contribution in [0.25, 0.3) is 0 Å². The Balaban J connectivity index is 1.06. The second-order valence-electron chi connectivity index (χ2n) is 21.9. The second kappa shape index (κ2) is 30.4. The molecule has 6 atom stereocenters. The molecular weight excluding hydrogens is 1010 g/mol. The van der Waals surface area contributed by atoms with Crippen LogP contribution in [0.3, 0.4) is 0 Å². The van der Waals surface area contributed by atoms with Gasteiger partial charge in [-0.3, -0.25) is 24.1 Å². The normalized spacial score (nSPS) is 16.9. The van der Waals surface area contributed by atoms with E-state index in [2.05, 4.69) is 31.9 Å². The fourth-order valence-corrected chi connectivity index (χ4v) is 11.1. The molecule has 1 unspecified atom stereocenters. The van der Waals surface area contributed by atoms with Crippen molar-refractivity contribution in [2.45, 2.75) is 159 Å². The molecule has 78 heavy (non-hydrogen) atoms. The van der Waals surface area contributed by atoms with Crippen molar-refractivity contribution >= 4 is 53.4 Å². The van der Waals surface area contributed by atoms with Crippen molar-refractivity contribution in [1.29, 1.82) is 0 Å². The SMILES string of the molecule is CC(C)CCN(C(=O)N[C@@H](Cc1ccc(C(=O)c2ccccc2)cc1)C(=O)NCCCCCNC(=O)CCCC[C@@H]1SC[C@@H]2NC(=O)N[C@@H]21)C(=O)c1ccc(CC(NC(=O)OC(C)(C)C)[C@H](O)CCCc2ccccc2)cc1. The number of alkyl carbamates (subject to hydrolysis) is 1. The molecule has 6 rings (SSSR count). The number of nitrogens with one attached hydrogen (secondary N) is 6. The molecule has 7 N–H and O–H groups in total. The zero-order valence-electron chi connectivity index (χ0n) is 46.0.